The van der Waals surface area contributed by atoms with Gasteiger partial charge in [0.05, 0.1) is 17.1 Å². The molecule has 0 fully saturated rings. The fourth-order valence-electron chi connectivity index (χ4n) is 5.63. The molecular weight excluding hydrogens is 543 g/mol. The summed E-state index contributed by atoms with van der Waals surface area (Å²) in [6.07, 6.45) is 1.86. The Morgan fingerprint density at radius 3 is 1.86 bits per heavy atom. The van der Waals surface area contributed by atoms with Crippen LogP contribution in [0.4, 0.5) is 0 Å². The fourth-order valence-corrected chi connectivity index (χ4v) is 6.77. The second-order valence-corrected chi connectivity index (χ2v) is 11.6. The van der Waals surface area contributed by atoms with Crippen LogP contribution in [0.5, 0.6) is 0 Å². The van der Waals surface area contributed by atoms with E-state index in [9.17, 15) is 0 Å². The van der Waals surface area contributed by atoms with Crippen molar-refractivity contribution in [3.8, 4) is 56.3 Å². The number of hydrogen-bond donors (Lipinski definition) is 0. The van der Waals surface area contributed by atoms with E-state index < -0.39 is 0 Å². The van der Waals surface area contributed by atoms with Crippen molar-refractivity contribution in [2.45, 2.75) is 0 Å². The Labute approximate surface area is 253 Å². The van der Waals surface area contributed by atoms with Gasteiger partial charge < -0.3 is 0 Å². The monoisotopic (exact) mass is 567 g/mol. The summed E-state index contributed by atoms with van der Waals surface area (Å²) in [6, 6.07) is 50.6. The van der Waals surface area contributed by atoms with Crippen molar-refractivity contribution in [3.63, 3.8) is 0 Å². The first-order valence-corrected chi connectivity index (χ1v) is 15.1. The Kier molecular flexibility index (Phi) is 6.32. The molecule has 8 rings (SSSR count). The second-order valence-electron chi connectivity index (χ2n) is 10.5. The summed E-state index contributed by atoms with van der Waals surface area (Å²) in [5.74, 6) is 0.690. The van der Waals surface area contributed by atoms with Gasteiger partial charge in [0.15, 0.2) is 5.82 Å². The van der Waals surface area contributed by atoms with Crippen molar-refractivity contribution in [3.05, 3.63) is 152 Å². The lowest BCUT2D eigenvalue weighted by Crippen LogP contribution is -1.98. The highest BCUT2D eigenvalue weighted by molar-refractivity contribution is 7.25. The highest BCUT2D eigenvalue weighted by Crippen LogP contribution is 2.38. The van der Waals surface area contributed by atoms with Crippen molar-refractivity contribution in [1.29, 1.82) is 0 Å². The Balaban J connectivity index is 1.27. The fraction of sp³-hybridized carbons (Fsp3) is 0. The topological polar surface area (TPSA) is 38.7 Å². The lowest BCUT2D eigenvalue weighted by molar-refractivity contribution is 1.18. The third-order valence-corrected chi connectivity index (χ3v) is 8.92. The summed E-state index contributed by atoms with van der Waals surface area (Å²) >= 11 is 1.82. The van der Waals surface area contributed by atoms with Gasteiger partial charge in [0.1, 0.15) is 0 Å². The number of rotatable bonds is 5. The summed E-state index contributed by atoms with van der Waals surface area (Å²) in [7, 11) is 0. The highest BCUT2D eigenvalue weighted by Gasteiger charge is 2.16. The molecule has 0 atom stereocenters. The first kappa shape index (κ1) is 25.3. The number of fused-ring (bicyclic) bond motifs is 3. The SMILES string of the molecule is c1ccc(-c2ccc(-c3cc(-c4cccnc4-c4ccc5c(c4)sc4ccccc45)nc(-c4ccccc4)n3)cc2)cc1. The average Bonchev–Trinajstić information content (AvgIpc) is 3.47. The molecule has 3 heterocycles. The van der Waals surface area contributed by atoms with E-state index in [4.69, 9.17) is 15.0 Å². The lowest BCUT2D eigenvalue weighted by atomic mass is 9.99. The number of benzene rings is 5. The predicted octanol–water partition coefficient (Wildman–Crippen LogP) is 10.6. The van der Waals surface area contributed by atoms with Crippen LogP contribution in [-0.4, -0.2) is 15.0 Å². The van der Waals surface area contributed by atoms with Gasteiger partial charge in [0.25, 0.3) is 0 Å². The van der Waals surface area contributed by atoms with Crippen LogP contribution in [0.3, 0.4) is 0 Å². The standard InChI is InChI=1S/C39H25N3S/c1-3-10-26(11-4-1)27-17-19-28(20-18-27)34-25-35(42-39(41-34)29-12-5-2-6-13-29)33-15-9-23-40-38(33)30-21-22-32-31-14-7-8-16-36(31)43-37(32)24-30/h1-25H. The smallest absolute Gasteiger partial charge is 0.160 e. The van der Waals surface area contributed by atoms with Gasteiger partial charge >= 0.3 is 0 Å². The molecule has 5 aromatic carbocycles. The van der Waals surface area contributed by atoms with Crippen LogP contribution in [0, 0.1) is 0 Å². The Bertz CT molecular complexity index is 2220. The average molecular weight is 568 g/mol. The largest absolute Gasteiger partial charge is 0.256 e. The molecule has 3 nitrogen and oxygen atoms in total. The van der Waals surface area contributed by atoms with Crippen LogP contribution in [0.15, 0.2) is 152 Å². The zero-order valence-corrected chi connectivity index (χ0v) is 24.0. The maximum absolute atomic E-state index is 5.10. The maximum atomic E-state index is 5.10. The number of pyridine rings is 1. The number of aromatic nitrogens is 3. The molecule has 0 aliphatic carbocycles. The van der Waals surface area contributed by atoms with Gasteiger partial charge in [-0.05, 0) is 41.5 Å². The number of thiophene rings is 1. The number of nitrogens with zero attached hydrogens (tertiary/aromatic N) is 3. The van der Waals surface area contributed by atoms with E-state index in [-0.39, 0.29) is 0 Å². The van der Waals surface area contributed by atoms with Gasteiger partial charge in [-0.1, -0.05) is 115 Å². The predicted molar refractivity (Wildman–Crippen MR) is 180 cm³/mol. The zero-order chi connectivity index (χ0) is 28.6. The van der Waals surface area contributed by atoms with Crippen LogP contribution >= 0.6 is 11.3 Å². The van der Waals surface area contributed by atoms with E-state index in [2.05, 4.69) is 115 Å². The van der Waals surface area contributed by atoms with E-state index in [0.717, 1.165) is 39.3 Å². The van der Waals surface area contributed by atoms with Crippen LogP contribution in [0.1, 0.15) is 0 Å². The minimum atomic E-state index is 0.690. The molecule has 0 bridgehead atoms. The number of hydrogen-bond acceptors (Lipinski definition) is 4. The van der Waals surface area contributed by atoms with Crippen LogP contribution in [0.25, 0.3) is 76.5 Å². The van der Waals surface area contributed by atoms with E-state index >= 15 is 0 Å². The van der Waals surface area contributed by atoms with E-state index in [1.54, 1.807) is 0 Å². The molecule has 43 heavy (non-hydrogen) atoms. The molecule has 0 saturated heterocycles. The van der Waals surface area contributed by atoms with Crippen LogP contribution in [-0.2, 0) is 0 Å². The van der Waals surface area contributed by atoms with E-state index in [1.807, 2.05) is 47.9 Å². The van der Waals surface area contributed by atoms with Gasteiger partial charge in [0, 0.05) is 48.6 Å². The molecule has 0 amide bonds. The molecule has 0 N–H and O–H groups in total. The maximum Gasteiger partial charge on any atom is 0.160 e. The molecule has 4 heteroatoms. The molecule has 0 saturated carbocycles. The summed E-state index contributed by atoms with van der Waals surface area (Å²) in [5.41, 5.74) is 9.05. The molecule has 0 aliphatic heterocycles. The molecule has 3 aromatic heterocycles. The Hall–Kier alpha value is -5.45. The van der Waals surface area contributed by atoms with Gasteiger partial charge in [-0.25, -0.2) is 9.97 Å². The minimum Gasteiger partial charge on any atom is -0.256 e. The molecule has 0 spiro atoms. The molecule has 8 aromatic rings. The minimum absolute atomic E-state index is 0.690. The summed E-state index contributed by atoms with van der Waals surface area (Å²) in [5, 5.41) is 2.57. The normalized spacial score (nSPS) is 11.3. The van der Waals surface area contributed by atoms with Gasteiger partial charge in [-0.3, -0.25) is 4.98 Å². The third kappa shape index (κ3) is 4.78. The van der Waals surface area contributed by atoms with E-state index in [0.29, 0.717) is 5.82 Å². The summed E-state index contributed by atoms with van der Waals surface area (Å²) in [4.78, 5) is 15.0. The van der Waals surface area contributed by atoms with Crippen molar-refractivity contribution >= 4 is 31.5 Å². The highest BCUT2D eigenvalue weighted by atomic mass is 32.1. The van der Waals surface area contributed by atoms with Crippen molar-refractivity contribution in [2.75, 3.05) is 0 Å². The summed E-state index contributed by atoms with van der Waals surface area (Å²) < 4.78 is 2.55. The van der Waals surface area contributed by atoms with Crippen molar-refractivity contribution in [1.82, 2.24) is 15.0 Å². The molecule has 0 radical (unpaired) electrons. The van der Waals surface area contributed by atoms with Gasteiger partial charge in [-0.15, -0.1) is 11.3 Å². The molecular formula is C39H25N3S. The Morgan fingerprint density at radius 1 is 0.419 bits per heavy atom. The first-order valence-electron chi connectivity index (χ1n) is 14.3. The van der Waals surface area contributed by atoms with Gasteiger partial charge in [0.2, 0.25) is 0 Å². The lowest BCUT2D eigenvalue weighted by Gasteiger charge is -2.13. The quantitative estimate of drug-likeness (QED) is 0.208. The molecule has 0 aliphatic rings. The van der Waals surface area contributed by atoms with E-state index in [1.165, 1.54) is 31.3 Å². The first-order chi connectivity index (χ1) is 21.3. The van der Waals surface area contributed by atoms with Crippen molar-refractivity contribution < 1.29 is 0 Å². The third-order valence-electron chi connectivity index (χ3n) is 7.78. The van der Waals surface area contributed by atoms with Crippen LogP contribution in [0.2, 0.25) is 0 Å². The van der Waals surface area contributed by atoms with Crippen LogP contribution < -0.4 is 0 Å². The molecule has 202 valence electrons. The van der Waals surface area contributed by atoms with Gasteiger partial charge in [-0.2, -0.15) is 0 Å². The molecule has 0 unspecified atom stereocenters. The summed E-state index contributed by atoms with van der Waals surface area (Å²) in [6.45, 7) is 0. The van der Waals surface area contributed by atoms with Crippen molar-refractivity contribution in [2.24, 2.45) is 0 Å². The zero-order valence-electron chi connectivity index (χ0n) is 23.2. The Morgan fingerprint density at radius 2 is 1.05 bits per heavy atom. The second kappa shape index (κ2) is 10.8.